The molecule has 2 rings (SSSR count). The second-order valence-corrected chi connectivity index (χ2v) is 4.73. The van der Waals surface area contributed by atoms with Crippen LogP contribution < -0.4 is 5.32 Å². The fraction of sp³-hybridized carbons (Fsp3) is 0.200. The van der Waals surface area contributed by atoms with E-state index in [0.29, 0.717) is 5.02 Å². The highest BCUT2D eigenvalue weighted by molar-refractivity contribution is 6.30. The third-order valence-electron chi connectivity index (χ3n) is 3.02. The van der Waals surface area contributed by atoms with Crippen LogP contribution in [0.15, 0.2) is 42.5 Å². The molecule has 94 valence electrons. The zero-order valence-electron chi connectivity index (χ0n) is 10.4. The van der Waals surface area contributed by atoms with E-state index in [9.17, 15) is 4.39 Å². The van der Waals surface area contributed by atoms with Crippen LogP contribution in [0.3, 0.4) is 0 Å². The molecule has 1 atom stereocenters. The van der Waals surface area contributed by atoms with Gasteiger partial charge in [0.05, 0.1) is 0 Å². The lowest BCUT2D eigenvalue weighted by molar-refractivity contribution is 0.628. The minimum atomic E-state index is -0.315. The summed E-state index contributed by atoms with van der Waals surface area (Å²) in [5, 5.41) is 3.60. The molecular formula is C15H15ClFN. The Bertz CT molecular complexity index is 534. The van der Waals surface area contributed by atoms with Crippen LogP contribution in [0.1, 0.15) is 18.5 Å². The van der Waals surface area contributed by atoms with Gasteiger partial charge in [-0.25, -0.2) is 4.39 Å². The first-order chi connectivity index (χ1) is 8.60. The van der Waals surface area contributed by atoms with Crippen molar-refractivity contribution in [3.63, 3.8) is 0 Å². The van der Waals surface area contributed by atoms with Crippen LogP contribution in [0.25, 0.3) is 11.1 Å². The van der Waals surface area contributed by atoms with Crippen LogP contribution in [-0.4, -0.2) is 7.05 Å². The van der Waals surface area contributed by atoms with Gasteiger partial charge in [-0.2, -0.15) is 0 Å². The minimum absolute atomic E-state index is 0.258. The van der Waals surface area contributed by atoms with Crippen LogP contribution in [0.2, 0.25) is 5.02 Å². The molecule has 0 spiro atoms. The summed E-state index contributed by atoms with van der Waals surface area (Å²) in [5.41, 5.74) is 2.93. The summed E-state index contributed by atoms with van der Waals surface area (Å²) in [5.74, 6) is -0.315. The second kappa shape index (κ2) is 5.51. The van der Waals surface area contributed by atoms with Crippen molar-refractivity contribution in [3.05, 3.63) is 58.9 Å². The van der Waals surface area contributed by atoms with Crippen molar-refractivity contribution in [2.75, 3.05) is 7.05 Å². The molecule has 0 saturated heterocycles. The molecule has 0 aliphatic rings. The number of halogens is 2. The van der Waals surface area contributed by atoms with Crippen LogP contribution >= 0.6 is 11.6 Å². The molecule has 0 radical (unpaired) electrons. The van der Waals surface area contributed by atoms with E-state index in [2.05, 4.69) is 12.2 Å². The maximum absolute atomic E-state index is 13.3. The molecule has 0 aromatic heterocycles. The molecule has 2 aromatic rings. The summed E-state index contributed by atoms with van der Waals surface area (Å²) < 4.78 is 13.3. The van der Waals surface area contributed by atoms with Crippen molar-refractivity contribution in [1.29, 1.82) is 0 Å². The summed E-state index contributed by atoms with van der Waals surface area (Å²) in [4.78, 5) is 0. The molecule has 0 heterocycles. The highest BCUT2D eigenvalue weighted by Gasteiger charge is 2.06. The van der Waals surface area contributed by atoms with Crippen LogP contribution in [-0.2, 0) is 0 Å². The normalized spacial score (nSPS) is 12.4. The van der Waals surface area contributed by atoms with Crippen molar-refractivity contribution >= 4 is 11.6 Å². The molecule has 0 aliphatic carbocycles. The Morgan fingerprint density at radius 2 is 1.89 bits per heavy atom. The molecule has 0 aliphatic heterocycles. The van der Waals surface area contributed by atoms with Gasteiger partial charge in [0, 0.05) is 11.1 Å². The molecule has 1 N–H and O–H groups in total. The van der Waals surface area contributed by atoms with E-state index in [1.165, 1.54) is 12.1 Å². The molecular weight excluding hydrogens is 249 g/mol. The Balaban J connectivity index is 2.44. The Labute approximate surface area is 112 Å². The van der Waals surface area contributed by atoms with E-state index in [1.807, 2.05) is 31.3 Å². The zero-order valence-corrected chi connectivity index (χ0v) is 11.1. The van der Waals surface area contributed by atoms with E-state index in [-0.39, 0.29) is 11.9 Å². The summed E-state index contributed by atoms with van der Waals surface area (Å²) in [6, 6.07) is 12.9. The van der Waals surface area contributed by atoms with Crippen molar-refractivity contribution in [1.82, 2.24) is 5.32 Å². The number of rotatable bonds is 3. The smallest absolute Gasteiger partial charge is 0.125 e. The third kappa shape index (κ3) is 2.89. The van der Waals surface area contributed by atoms with E-state index in [1.54, 1.807) is 6.07 Å². The monoisotopic (exact) mass is 263 g/mol. The first-order valence-electron chi connectivity index (χ1n) is 5.84. The van der Waals surface area contributed by atoms with Crippen LogP contribution in [0, 0.1) is 5.82 Å². The first kappa shape index (κ1) is 13.1. The molecule has 0 amide bonds. The summed E-state index contributed by atoms with van der Waals surface area (Å²) in [7, 11) is 1.91. The maximum atomic E-state index is 13.3. The van der Waals surface area contributed by atoms with Gasteiger partial charge in [-0.3, -0.25) is 0 Å². The Hall–Kier alpha value is -1.38. The Morgan fingerprint density at radius 1 is 1.11 bits per heavy atom. The Morgan fingerprint density at radius 3 is 2.56 bits per heavy atom. The van der Waals surface area contributed by atoms with Gasteiger partial charge in [0.1, 0.15) is 5.82 Å². The second-order valence-electron chi connectivity index (χ2n) is 4.29. The molecule has 1 nitrogen and oxygen atoms in total. The predicted molar refractivity (Wildman–Crippen MR) is 74.3 cm³/mol. The van der Waals surface area contributed by atoms with Gasteiger partial charge in [-0.05, 0) is 54.9 Å². The summed E-state index contributed by atoms with van der Waals surface area (Å²) in [6.45, 7) is 2.08. The fourth-order valence-corrected chi connectivity index (χ4v) is 2.10. The molecule has 2 aromatic carbocycles. The predicted octanol–water partition coefficient (Wildman–Crippen LogP) is 4.43. The molecule has 3 heteroatoms. The molecule has 0 fully saturated rings. The van der Waals surface area contributed by atoms with Gasteiger partial charge in [0.25, 0.3) is 0 Å². The number of nitrogens with one attached hydrogen (secondary N) is 1. The zero-order chi connectivity index (χ0) is 13.1. The van der Waals surface area contributed by atoms with Gasteiger partial charge in [0.2, 0.25) is 0 Å². The average molecular weight is 264 g/mol. The highest BCUT2D eigenvalue weighted by atomic mass is 35.5. The lowest BCUT2D eigenvalue weighted by Gasteiger charge is -2.12. The van der Waals surface area contributed by atoms with E-state index in [4.69, 9.17) is 11.6 Å². The van der Waals surface area contributed by atoms with Crippen molar-refractivity contribution in [3.8, 4) is 11.1 Å². The maximum Gasteiger partial charge on any atom is 0.125 e. The van der Waals surface area contributed by atoms with E-state index < -0.39 is 0 Å². The topological polar surface area (TPSA) is 12.0 Å². The van der Waals surface area contributed by atoms with Crippen LogP contribution in [0.4, 0.5) is 4.39 Å². The van der Waals surface area contributed by atoms with Gasteiger partial charge >= 0.3 is 0 Å². The summed E-state index contributed by atoms with van der Waals surface area (Å²) >= 11 is 5.88. The standard InChI is InChI=1S/C15H15ClFN/c1-10(18-2)11-4-3-5-12(6-11)13-7-14(16)9-15(17)8-13/h3-10,18H,1-2H3. The highest BCUT2D eigenvalue weighted by Crippen LogP contribution is 2.26. The first-order valence-corrected chi connectivity index (χ1v) is 6.21. The third-order valence-corrected chi connectivity index (χ3v) is 3.23. The molecule has 18 heavy (non-hydrogen) atoms. The van der Waals surface area contributed by atoms with Gasteiger partial charge in [-0.1, -0.05) is 29.8 Å². The molecule has 0 saturated carbocycles. The molecule has 0 bridgehead atoms. The number of hydrogen-bond acceptors (Lipinski definition) is 1. The van der Waals surface area contributed by atoms with Crippen molar-refractivity contribution in [2.24, 2.45) is 0 Å². The lowest BCUT2D eigenvalue weighted by atomic mass is 10.00. The van der Waals surface area contributed by atoms with Gasteiger partial charge in [0.15, 0.2) is 0 Å². The minimum Gasteiger partial charge on any atom is -0.313 e. The van der Waals surface area contributed by atoms with Crippen molar-refractivity contribution < 1.29 is 4.39 Å². The largest absolute Gasteiger partial charge is 0.313 e. The number of benzene rings is 2. The van der Waals surface area contributed by atoms with E-state index >= 15 is 0 Å². The SMILES string of the molecule is CNC(C)c1cccc(-c2cc(F)cc(Cl)c2)c1. The van der Waals surface area contributed by atoms with E-state index in [0.717, 1.165) is 16.7 Å². The fourth-order valence-electron chi connectivity index (χ4n) is 1.87. The van der Waals surface area contributed by atoms with Crippen molar-refractivity contribution in [2.45, 2.75) is 13.0 Å². The van der Waals surface area contributed by atoms with Gasteiger partial charge < -0.3 is 5.32 Å². The number of hydrogen-bond donors (Lipinski definition) is 1. The Kier molecular flexibility index (Phi) is 4.00. The average Bonchev–Trinajstić information content (AvgIpc) is 2.37. The summed E-state index contributed by atoms with van der Waals surface area (Å²) in [6.07, 6.45) is 0. The van der Waals surface area contributed by atoms with Crippen LogP contribution in [0.5, 0.6) is 0 Å². The molecule has 1 unspecified atom stereocenters. The lowest BCUT2D eigenvalue weighted by Crippen LogP contribution is -2.12. The quantitative estimate of drug-likeness (QED) is 0.864. The van der Waals surface area contributed by atoms with Gasteiger partial charge in [-0.15, -0.1) is 0 Å².